The molecule has 2 atom stereocenters. The average Bonchev–Trinajstić information content (AvgIpc) is 3.24. The van der Waals surface area contributed by atoms with Crippen LogP contribution < -0.4 is 5.32 Å². The van der Waals surface area contributed by atoms with Crippen LogP contribution in [0.4, 0.5) is 0 Å². The van der Waals surface area contributed by atoms with E-state index in [1.165, 1.54) is 193 Å². The van der Waals surface area contributed by atoms with Crippen LogP contribution in [0.15, 0.2) is 24.3 Å². The molecule has 6 heteroatoms. The van der Waals surface area contributed by atoms with Crippen LogP contribution in [0.5, 0.6) is 0 Å². The predicted octanol–water partition coefficient (Wildman–Crippen LogP) is 15.5. The molecule has 0 aliphatic rings. The van der Waals surface area contributed by atoms with Gasteiger partial charge in [-0.25, -0.2) is 0 Å². The number of aliphatic hydroxyl groups is 2. The lowest BCUT2D eigenvalue weighted by atomic mass is 10.0. The van der Waals surface area contributed by atoms with Crippen molar-refractivity contribution in [3.63, 3.8) is 0 Å². The Bertz CT molecular complexity index is 920. The fourth-order valence-electron chi connectivity index (χ4n) is 7.97. The van der Waals surface area contributed by atoms with Crippen molar-refractivity contribution < 1.29 is 24.5 Å². The van der Waals surface area contributed by atoms with Gasteiger partial charge in [-0.05, 0) is 51.4 Å². The van der Waals surface area contributed by atoms with Crippen LogP contribution in [-0.4, -0.2) is 47.4 Å². The molecule has 0 spiro atoms. The van der Waals surface area contributed by atoms with Gasteiger partial charge in [0.25, 0.3) is 0 Å². The highest BCUT2D eigenvalue weighted by atomic mass is 16.5. The first kappa shape index (κ1) is 57.3. The quantitative estimate of drug-likeness (QED) is 0.0322. The third-order valence-electron chi connectivity index (χ3n) is 12.0. The number of unbranched alkanes of at least 4 members (excludes halogenated alkanes) is 33. The molecule has 0 fully saturated rings. The molecule has 2 unspecified atom stereocenters. The molecule has 59 heavy (non-hydrogen) atoms. The summed E-state index contributed by atoms with van der Waals surface area (Å²) in [5.41, 5.74) is 0. The highest BCUT2D eigenvalue weighted by Crippen LogP contribution is 2.17. The molecular formula is C53H101NO5. The summed E-state index contributed by atoms with van der Waals surface area (Å²) >= 11 is 0. The zero-order chi connectivity index (χ0) is 43.0. The molecule has 3 N–H and O–H groups in total. The molecule has 0 aromatic rings. The lowest BCUT2D eigenvalue weighted by Crippen LogP contribution is -2.45. The molecule has 0 aromatic heterocycles. The lowest BCUT2D eigenvalue weighted by molar-refractivity contribution is -0.143. The maximum Gasteiger partial charge on any atom is 0.305 e. The number of aliphatic hydroxyl groups excluding tert-OH is 2. The van der Waals surface area contributed by atoms with Gasteiger partial charge in [0.15, 0.2) is 0 Å². The van der Waals surface area contributed by atoms with Gasteiger partial charge in [0, 0.05) is 12.8 Å². The summed E-state index contributed by atoms with van der Waals surface area (Å²) in [6, 6.07) is -0.544. The largest absolute Gasteiger partial charge is 0.466 e. The van der Waals surface area contributed by atoms with E-state index in [1.807, 2.05) is 0 Å². The zero-order valence-electron chi connectivity index (χ0n) is 39.5. The van der Waals surface area contributed by atoms with Crippen molar-refractivity contribution in [3.8, 4) is 0 Å². The van der Waals surface area contributed by atoms with Crippen LogP contribution in [-0.2, 0) is 14.3 Å². The number of hydrogen-bond acceptors (Lipinski definition) is 5. The Morgan fingerprint density at radius 1 is 0.475 bits per heavy atom. The van der Waals surface area contributed by atoms with Crippen molar-refractivity contribution in [2.75, 3.05) is 13.2 Å². The number of ether oxygens (including phenoxy) is 1. The third-order valence-corrected chi connectivity index (χ3v) is 12.0. The topological polar surface area (TPSA) is 95.9 Å². The Morgan fingerprint density at radius 3 is 1.36 bits per heavy atom. The van der Waals surface area contributed by atoms with E-state index in [1.54, 1.807) is 0 Å². The monoisotopic (exact) mass is 832 g/mol. The highest BCUT2D eigenvalue weighted by Gasteiger charge is 2.20. The van der Waals surface area contributed by atoms with E-state index in [-0.39, 0.29) is 18.5 Å². The average molecular weight is 832 g/mol. The minimum absolute atomic E-state index is 0.0102. The summed E-state index contributed by atoms with van der Waals surface area (Å²) in [5.74, 6) is -0.0515. The van der Waals surface area contributed by atoms with E-state index >= 15 is 0 Å². The lowest BCUT2D eigenvalue weighted by Gasteiger charge is -2.22. The molecule has 0 saturated heterocycles. The predicted molar refractivity (Wildman–Crippen MR) is 255 cm³/mol. The number of carbonyl (C=O) groups excluding carboxylic acids is 2. The number of nitrogens with one attached hydrogen (secondary N) is 1. The molecule has 0 aliphatic carbocycles. The van der Waals surface area contributed by atoms with Gasteiger partial charge in [0.1, 0.15) is 0 Å². The number of amides is 1. The van der Waals surface area contributed by atoms with Gasteiger partial charge in [-0.2, -0.15) is 0 Å². The van der Waals surface area contributed by atoms with Gasteiger partial charge in [0.05, 0.1) is 25.4 Å². The van der Waals surface area contributed by atoms with Gasteiger partial charge in [-0.15, -0.1) is 0 Å². The number of carbonyl (C=O) groups is 2. The Morgan fingerprint density at radius 2 is 0.881 bits per heavy atom. The molecule has 0 bridgehead atoms. The Kier molecular flexibility index (Phi) is 47.6. The smallest absolute Gasteiger partial charge is 0.305 e. The molecule has 0 heterocycles. The van der Waals surface area contributed by atoms with Crippen LogP contribution in [0.2, 0.25) is 0 Å². The first-order chi connectivity index (χ1) is 29.0. The maximum absolute atomic E-state index is 12.4. The second-order valence-corrected chi connectivity index (χ2v) is 17.9. The normalized spacial score (nSPS) is 12.8. The Hall–Kier alpha value is -1.66. The summed E-state index contributed by atoms with van der Waals surface area (Å²) in [6.07, 6.45) is 57.2. The van der Waals surface area contributed by atoms with Crippen LogP contribution in [0.25, 0.3) is 0 Å². The van der Waals surface area contributed by atoms with E-state index in [4.69, 9.17) is 4.74 Å². The van der Waals surface area contributed by atoms with Crippen LogP contribution in [0, 0.1) is 0 Å². The van der Waals surface area contributed by atoms with E-state index in [0.29, 0.717) is 25.9 Å². The fraction of sp³-hybridized carbons (Fsp3) is 0.887. The van der Waals surface area contributed by atoms with Gasteiger partial charge < -0.3 is 20.3 Å². The number of esters is 1. The Balaban J connectivity index is 3.41. The van der Waals surface area contributed by atoms with E-state index in [2.05, 4.69) is 43.5 Å². The van der Waals surface area contributed by atoms with Gasteiger partial charge >= 0.3 is 5.97 Å². The van der Waals surface area contributed by atoms with Crippen LogP contribution in [0.1, 0.15) is 277 Å². The molecule has 0 aliphatic heterocycles. The van der Waals surface area contributed by atoms with Gasteiger partial charge in [-0.1, -0.05) is 237 Å². The minimum atomic E-state index is -0.666. The summed E-state index contributed by atoms with van der Waals surface area (Å²) in [7, 11) is 0. The van der Waals surface area contributed by atoms with E-state index in [9.17, 15) is 19.8 Å². The van der Waals surface area contributed by atoms with Crippen molar-refractivity contribution in [1.29, 1.82) is 0 Å². The minimum Gasteiger partial charge on any atom is -0.466 e. The van der Waals surface area contributed by atoms with Crippen molar-refractivity contribution in [1.82, 2.24) is 5.32 Å². The zero-order valence-corrected chi connectivity index (χ0v) is 39.5. The van der Waals surface area contributed by atoms with Crippen LogP contribution >= 0.6 is 0 Å². The van der Waals surface area contributed by atoms with Gasteiger partial charge in [-0.3, -0.25) is 9.59 Å². The first-order valence-electron chi connectivity index (χ1n) is 26.1. The number of allylic oxidation sites excluding steroid dienone is 4. The first-order valence-corrected chi connectivity index (χ1v) is 26.1. The second kappa shape index (κ2) is 49.0. The summed E-state index contributed by atoms with van der Waals surface area (Å²) < 4.78 is 5.45. The SMILES string of the molecule is CCC/C=C\C/C=C\CCCCCCCC(=O)OCCCCCCCCCCCCCCCCCCCC(=O)NC(CO)C(O)CCCCCCCCCCCCCC. The summed E-state index contributed by atoms with van der Waals surface area (Å²) in [6.45, 7) is 4.87. The van der Waals surface area contributed by atoms with E-state index in [0.717, 1.165) is 51.4 Å². The highest BCUT2D eigenvalue weighted by molar-refractivity contribution is 5.76. The molecule has 348 valence electrons. The molecule has 6 nitrogen and oxygen atoms in total. The molecule has 1 amide bonds. The third kappa shape index (κ3) is 45.7. The summed E-state index contributed by atoms with van der Waals surface area (Å²) in [4.78, 5) is 24.4. The maximum atomic E-state index is 12.4. The number of rotatable bonds is 48. The molecule has 0 saturated carbocycles. The standard InChI is InChI=1S/C53H101NO5/c1-3-5-7-9-11-13-15-22-27-31-35-39-43-47-53(58)59-48-44-40-36-32-28-24-21-19-17-18-20-23-26-30-34-38-42-46-52(57)54-50(49-55)51(56)45-41-37-33-29-25-16-14-12-10-8-6-4-2/h7,9,13,15,50-51,55-56H,3-6,8,10-12,14,16-49H2,1-2H3,(H,54,57)/b9-7-,15-13-. The molecule has 0 rings (SSSR count). The van der Waals surface area contributed by atoms with Crippen molar-refractivity contribution in [2.24, 2.45) is 0 Å². The molecule has 0 aromatic carbocycles. The molecule has 0 radical (unpaired) electrons. The molecular weight excluding hydrogens is 731 g/mol. The van der Waals surface area contributed by atoms with Crippen LogP contribution in [0.3, 0.4) is 0 Å². The van der Waals surface area contributed by atoms with Gasteiger partial charge in [0.2, 0.25) is 5.91 Å². The second-order valence-electron chi connectivity index (χ2n) is 17.9. The Labute approximate surface area is 367 Å². The van der Waals surface area contributed by atoms with Crippen molar-refractivity contribution in [3.05, 3.63) is 24.3 Å². The van der Waals surface area contributed by atoms with Crippen molar-refractivity contribution >= 4 is 11.9 Å². The number of hydrogen-bond donors (Lipinski definition) is 3. The van der Waals surface area contributed by atoms with Crippen molar-refractivity contribution in [2.45, 2.75) is 289 Å². The summed E-state index contributed by atoms with van der Waals surface area (Å²) in [5, 5.41) is 23.2. The van der Waals surface area contributed by atoms with E-state index < -0.39 is 12.1 Å². The fourth-order valence-corrected chi connectivity index (χ4v) is 7.97.